The topological polar surface area (TPSA) is 41.1 Å². The molecular formula is C28H28N2OS. The van der Waals surface area contributed by atoms with Crippen LogP contribution in [-0.2, 0) is 12.8 Å². The highest BCUT2D eigenvalue weighted by Gasteiger charge is 2.37. The van der Waals surface area contributed by atoms with E-state index in [0.29, 0.717) is 11.3 Å². The first-order valence-electron chi connectivity index (χ1n) is 11.5. The highest BCUT2D eigenvalue weighted by molar-refractivity contribution is 7.16. The van der Waals surface area contributed by atoms with E-state index >= 15 is 0 Å². The molecule has 2 N–H and O–H groups in total. The number of carbonyl (C=O) groups is 1. The molecule has 0 fully saturated rings. The predicted molar refractivity (Wildman–Crippen MR) is 135 cm³/mol. The van der Waals surface area contributed by atoms with Crippen LogP contribution in [0.5, 0.6) is 0 Å². The summed E-state index contributed by atoms with van der Waals surface area (Å²) in [6.45, 7) is 7.01. The molecule has 2 aliphatic rings. The minimum absolute atomic E-state index is 0.0625. The van der Waals surface area contributed by atoms with Gasteiger partial charge in [0.05, 0.1) is 5.56 Å². The normalized spacial score (nSPS) is 20.5. The van der Waals surface area contributed by atoms with E-state index in [-0.39, 0.29) is 12.1 Å². The molecule has 3 nitrogen and oxygen atoms in total. The highest BCUT2D eigenvalue weighted by atomic mass is 32.1. The number of thiophene rings is 1. The van der Waals surface area contributed by atoms with Crippen LogP contribution in [-0.4, -0.2) is 5.91 Å². The lowest BCUT2D eigenvalue weighted by molar-refractivity contribution is 0.0935. The lowest BCUT2D eigenvalue weighted by Gasteiger charge is -2.34. The second kappa shape index (κ2) is 7.08. The van der Waals surface area contributed by atoms with Crippen molar-refractivity contribution >= 4 is 43.8 Å². The van der Waals surface area contributed by atoms with Gasteiger partial charge in [-0.25, -0.2) is 0 Å². The standard InChI is InChI=1S/C28H28N2OS/c1-28(2,3)18-12-13-21-22(15-18)32-27-24(21)26(31)29-25(30-27)23-19-10-6-4-8-16(19)14-17-9-5-7-11-20(17)23/h4-11,14,18,25,30H,12-13,15H2,1-3H3,(H,29,31)/t18-,25-/m1/s1. The van der Waals surface area contributed by atoms with Gasteiger partial charge in [-0.1, -0.05) is 69.3 Å². The van der Waals surface area contributed by atoms with Crippen molar-refractivity contribution in [3.63, 3.8) is 0 Å². The van der Waals surface area contributed by atoms with Crippen LogP contribution in [0.1, 0.15) is 59.7 Å². The van der Waals surface area contributed by atoms with Crippen LogP contribution < -0.4 is 10.6 Å². The van der Waals surface area contributed by atoms with Crippen LogP contribution in [0.3, 0.4) is 0 Å². The number of nitrogens with one attached hydrogen (secondary N) is 2. The van der Waals surface area contributed by atoms with Gasteiger partial charge in [-0.05, 0) is 63.8 Å². The average molecular weight is 441 g/mol. The average Bonchev–Trinajstić information content (AvgIpc) is 3.15. The monoisotopic (exact) mass is 440 g/mol. The largest absolute Gasteiger partial charge is 0.353 e. The Morgan fingerprint density at radius 1 is 0.938 bits per heavy atom. The maximum atomic E-state index is 13.4. The van der Waals surface area contributed by atoms with Crippen LogP contribution in [0.15, 0.2) is 54.6 Å². The third kappa shape index (κ3) is 3.04. The maximum Gasteiger partial charge on any atom is 0.256 e. The Hall–Kier alpha value is -2.85. The Bertz CT molecular complexity index is 1320. The molecule has 2 atom stereocenters. The lowest BCUT2D eigenvalue weighted by Crippen LogP contribution is -2.38. The van der Waals surface area contributed by atoms with E-state index in [2.05, 4.69) is 86.0 Å². The van der Waals surface area contributed by atoms with Gasteiger partial charge in [-0.15, -0.1) is 11.3 Å². The molecule has 0 spiro atoms. The van der Waals surface area contributed by atoms with E-state index in [9.17, 15) is 4.79 Å². The molecule has 0 radical (unpaired) electrons. The fourth-order valence-electron chi connectivity index (χ4n) is 5.54. The van der Waals surface area contributed by atoms with Crippen molar-refractivity contribution in [2.24, 2.45) is 11.3 Å². The summed E-state index contributed by atoms with van der Waals surface area (Å²) in [7, 11) is 0. The molecule has 3 aromatic carbocycles. The van der Waals surface area contributed by atoms with Gasteiger partial charge in [-0.2, -0.15) is 0 Å². The van der Waals surface area contributed by atoms with E-state index in [4.69, 9.17) is 0 Å². The second-order valence-electron chi connectivity index (χ2n) is 10.3. The molecule has 162 valence electrons. The molecular weight excluding hydrogens is 412 g/mol. The Balaban J connectivity index is 1.46. The van der Waals surface area contributed by atoms with Gasteiger partial charge in [0, 0.05) is 10.4 Å². The van der Waals surface area contributed by atoms with Gasteiger partial charge in [0.2, 0.25) is 0 Å². The van der Waals surface area contributed by atoms with Crippen LogP contribution in [0.2, 0.25) is 0 Å². The molecule has 32 heavy (non-hydrogen) atoms. The van der Waals surface area contributed by atoms with Crippen molar-refractivity contribution in [2.45, 2.75) is 46.2 Å². The van der Waals surface area contributed by atoms with Crippen LogP contribution in [0.25, 0.3) is 21.5 Å². The number of fused-ring (bicyclic) bond motifs is 5. The summed E-state index contributed by atoms with van der Waals surface area (Å²) in [6.07, 6.45) is 2.99. The summed E-state index contributed by atoms with van der Waals surface area (Å²) in [5.41, 5.74) is 3.61. The first-order chi connectivity index (χ1) is 15.4. The van der Waals surface area contributed by atoms with Gasteiger partial charge < -0.3 is 10.6 Å². The van der Waals surface area contributed by atoms with Gasteiger partial charge in [0.25, 0.3) is 5.91 Å². The van der Waals surface area contributed by atoms with E-state index in [0.717, 1.165) is 35.4 Å². The first-order valence-corrected chi connectivity index (χ1v) is 12.3. The summed E-state index contributed by atoms with van der Waals surface area (Å²) < 4.78 is 0. The Morgan fingerprint density at radius 3 is 2.25 bits per heavy atom. The number of carbonyl (C=O) groups excluding carboxylic acids is 1. The number of anilines is 1. The third-order valence-electron chi connectivity index (χ3n) is 7.37. The van der Waals surface area contributed by atoms with Gasteiger partial charge in [0.1, 0.15) is 11.2 Å². The Kier molecular flexibility index (Phi) is 4.38. The van der Waals surface area contributed by atoms with Crippen molar-refractivity contribution in [1.82, 2.24) is 5.32 Å². The third-order valence-corrected chi connectivity index (χ3v) is 8.56. The smallest absolute Gasteiger partial charge is 0.256 e. The molecule has 0 unspecified atom stereocenters. The lowest BCUT2D eigenvalue weighted by atomic mass is 9.72. The maximum absolute atomic E-state index is 13.4. The molecule has 1 aliphatic carbocycles. The molecule has 0 saturated carbocycles. The summed E-state index contributed by atoms with van der Waals surface area (Å²) in [6, 6.07) is 19.2. The molecule has 1 aliphatic heterocycles. The molecule has 4 heteroatoms. The molecule has 1 aromatic heterocycles. The fourth-order valence-corrected chi connectivity index (χ4v) is 6.89. The first kappa shape index (κ1) is 19.8. The summed E-state index contributed by atoms with van der Waals surface area (Å²) in [4.78, 5) is 14.8. The minimum atomic E-state index is -0.246. The van der Waals surface area contributed by atoms with Gasteiger partial charge in [0.15, 0.2) is 0 Å². The van der Waals surface area contributed by atoms with Crippen molar-refractivity contribution < 1.29 is 4.79 Å². The van der Waals surface area contributed by atoms with Crippen molar-refractivity contribution in [1.29, 1.82) is 0 Å². The quantitative estimate of drug-likeness (QED) is 0.311. The Labute approximate surface area is 192 Å². The minimum Gasteiger partial charge on any atom is -0.353 e. The zero-order valence-electron chi connectivity index (χ0n) is 18.8. The van der Waals surface area contributed by atoms with Gasteiger partial charge >= 0.3 is 0 Å². The SMILES string of the molecule is CC(C)(C)[C@@H]1CCc2c(sc3c2C(=O)N[C@@H](c2c4ccccc4cc4ccccc24)N3)C1. The van der Waals surface area contributed by atoms with Crippen molar-refractivity contribution in [3.05, 3.63) is 76.2 Å². The van der Waals surface area contributed by atoms with Gasteiger partial charge in [-0.3, -0.25) is 4.79 Å². The summed E-state index contributed by atoms with van der Waals surface area (Å²) in [5.74, 6) is 0.725. The van der Waals surface area contributed by atoms with Crippen molar-refractivity contribution in [2.75, 3.05) is 5.32 Å². The fraction of sp³-hybridized carbons (Fsp3) is 0.321. The number of hydrogen-bond acceptors (Lipinski definition) is 3. The zero-order chi connectivity index (χ0) is 22.0. The molecule has 6 rings (SSSR count). The Morgan fingerprint density at radius 2 is 1.59 bits per heavy atom. The predicted octanol–water partition coefficient (Wildman–Crippen LogP) is 7.06. The van der Waals surface area contributed by atoms with E-state index in [1.807, 2.05) is 0 Å². The van der Waals surface area contributed by atoms with Crippen molar-refractivity contribution in [3.8, 4) is 0 Å². The molecule has 1 amide bonds. The number of hydrogen-bond donors (Lipinski definition) is 2. The highest BCUT2D eigenvalue weighted by Crippen LogP contribution is 2.46. The van der Waals surface area contributed by atoms with E-state index in [1.165, 1.54) is 32.0 Å². The van der Waals surface area contributed by atoms with Crippen LogP contribution in [0.4, 0.5) is 5.00 Å². The zero-order valence-corrected chi connectivity index (χ0v) is 19.6. The number of amides is 1. The molecule has 0 bridgehead atoms. The molecule has 0 saturated heterocycles. The van der Waals surface area contributed by atoms with Crippen LogP contribution in [0, 0.1) is 11.3 Å². The number of rotatable bonds is 1. The molecule has 4 aromatic rings. The number of benzene rings is 3. The summed E-state index contributed by atoms with van der Waals surface area (Å²) >= 11 is 1.80. The van der Waals surface area contributed by atoms with E-state index in [1.54, 1.807) is 11.3 Å². The van der Waals surface area contributed by atoms with E-state index < -0.39 is 0 Å². The summed E-state index contributed by atoms with van der Waals surface area (Å²) in [5, 5.41) is 12.8. The molecule has 2 heterocycles. The second-order valence-corrected chi connectivity index (χ2v) is 11.4. The van der Waals surface area contributed by atoms with Crippen LogP contribution >= 0.6 is 11.3 Å².